The van der Waals surface area contributed by atoms with E-state index in [9.17, 15) is 21.9 Å². The first-order chi connectivity index (χ1) is 10.9. The van der Waals surface area contributed by atoms with E-state index in [1.165, 1.54) is 35.3 Å². The molecule has 0 N–H and O–H groups in total. The van der Waals surface area contributed by atoms with Crippen LogP contribution in [0.2, 0.25) is 0 Å². The third kappa shape index (κ3) is 3.12. The van der Waals surface area contributed by atoms with Crippen molar-refractivity contribution in [2.24, 2.45) is 0 Å². The van der Waals surface area contributed by atoms with Crippen molar-refractivity contribution in [2.45, 2.75) is 23.8 Å². The van der Waals surface area contributed by atoms with E-state index in [4.69, 9.17) is 0 Å². The topological polar surface area (TPSA) is 74.8 Å². The number of hydrogen-bond donors (Lipinski definition) is 0. The van der Waals surface area contributed by atoms with Crippen LogP contribution in [0.3, 0.4) is 0 Å². The van der Waals surface area contributed by atoms with Crippen LogP contribution in [-0.4, -0.2) is 44.3 Å². The Balaban J connectivity index is 1.70. The third-order valence-electron chi connectivity index (χ3n) is 4.14. The Kier molecular flexibility index (Phi) is 3.93. The number of carbonyl (C=O) groups is 2. The lowest BCUT2D eigenvalue weighted by molar-refractivity contribution is -0.139. The predicted molar refractivity (Wildman–Crippen MR) is 81.0 cm³/mol. The summed E-state index contributed by atoms with van der Waals surface area (Å²) in [4.78, 5) is 26.2. The fourth-order valence-corrected chi connectivity index (χ4v) is 3.49. The molecule has 1 saturated heterocycles. The number of anilines is 1. The first-order valence-corrected chi connectivity index (χ1v) is 8.59. The van der Waals surface area contributed by atoms with Gasteiger partial charge >= 0.3 is 10.2 Å². The molecule has 1 aromatic carbocycles. The van der Waals surface area contributed by atoms with Crippen LogP contribution >= 0.6 is 0 Å². The minimum atomic E-state index is -4.73. The highest BCUT2D eigenvalue weighted by Crippen LogP contribution is 2.26. The highest BCUT2D eigenvalue weighted by atomic mass is 32.3. The Morgan fingerprint density at radius 3 is 2.22 bits per heavy atom. The highest BCUT2D eigenvalue weighted by molar-refractivity contribution is 7.86. The molecule has 0 atom stereocenters. The van der Waals surface area contributed by atoms with Crippen molar-refractivity contribution in [1.29, 1.82) is 0 Å². The summed E-state index contributed by atoms with van der Waals surface area (Å²) >= 11 is 0. The van der Waals surface area contributed by atoms with Crippen molar-refractivity contribution in [1.82, 2.24) is 4.90 Å². The average molecular weight is 338 g/mol. The van der Waals surface area contributed by atoms with E-state index < -0.39 is 10.2 Å². The van der Waals surface area contributed by atoms with Crippen molar-refractivity contribution in [3.8, 4) is 0 Å². The van der Waals surface area contributed by atoms with Crippen LogP contribution in [0.5, 0.6) is 0 Å². The van der Waals surface area contributed by atoms with Gasteiger partial charge in [-0.15, -0.1) is 3.89 Å². The molecule has 6 nitrogen and oxygen atoms in total. The smallest absolute Gasteiger partial charge is 0.332 e. The monoisotopic (exact) mass is 338 g/mol. The molecule has 0 aliphatic carbocycles. The maximum Gasteiger partial charge on any atom is 0.332 e. The molecule has 2 aliphatic heterocycles. The average Bonchev–Trinajstić information content (AvgIpc) is 2.86. The predicted octanol–water partition coefficient (Wildman–Crippen LogP) is 1.24. The normalized spacial score (nSPS) is 19.7. The maximum absolute atomic E-state index is 13.1. The molecule has 0 spiro atoms. The van der Waals surface area contributed by atoms with Gasteiger partial charge in [-0.2, -0.15) is 8.42 Å². The van der Waals surface area contributed by atoms with Crippen molar-refractivity contribution in [3.63, 3.8) is 0 Å². The van der Waals surface area contributed by atoms with Crippen LogP contribution < -0.4 is 4.90 Å². The van der Waals surface area contributed by atoms with Crippen LogP contribution in [0.15, 0.2) is 41.3 Å². The minimum absolute atomic E-state index is 0.158. The summed E-state index contributed by atoms with van der Waals surface area (Å²) < 4.78 is 35.1. The molecule has 3 rings (SSSR count). The number of rotatable bonds is 3. The van der Waals surface area contributed by atoms with Crippen LogP contribution in [0.25, 0.3) is 0 Å². The van der Waals surface area contributed by atoms with Crippen LogP contribution in [0.1, 0.15) is 12.8 Å². The summed E-state index contributed by atoms with van der Waals surface area (Å²) in [5.74, 6) is -0.585. The van der Waals surface area contributed by atoms with Gasteiger partial charge in [-0.1, -0.05) is 6.07 Å². The Bertz CT molecular complexity index is 764. The summed E-state index contributed by atoms with van der Waals surface area (Å²) in [7, 11) is -4.73. The summed E-state index contributed by atoms with van der Waals surface area (Å²) in [5.41, 5.74) is 0.611. The number of halogens is 1. The van der Waals surface area contributed by atoms with Gasteiger partial charge in [0.1, 0.15) is 4.90 Å². The molecule has 1 aromatic rings. The second-order valence-corrected chi connectivity index (χ2v) is 6.88. The molecule has 2 aliphatic rings. The van der Waals surface area contributed by atoms with Gasteiger partial charge in [0.2, 0.25) is 0 Å². The van der Waals surface area contributed by atoms with Crippen LogP contribution in [0, 0.1) is 0 Å². The molecule has 0 aromatic heterocycles. The number of nitrogens with zero attached hydrogens (tertiary/aromatic N) is 2. The first-order valence-electron chi connectivity index (χ1n) is 7.21. The zero-order chi connectivity index (χ0) is 16.6. The summed E-state index contributed by atoms with van der Waals surface area (Å²) in [5, 5.41) is 0. The third-order valence-corrected chi connectivity index (χ3v) is 4.95. The summed E-state index contributed by atoms with van der Waals surface area (Å²) in [6, 6.07) is 5.55. The van der Waals surface area contributed by atoms with Crippen molar-refractivity contribution >= 4 is 27.7 Å². The van der Waals surface area contributed by atoms with E-state index >= 15 is 0 Å². The molecule has 8 heteroatoms. The molecule has 2 amide bonds. The summed E-state index contributed by atoms with van der Waals surface area (Å²) in [6.45, 7) is 1.11. The molecule has 23 heavy (non-hydrogen) atoms. The van der Waals surface area contributed by atoms with Crippen molar-refractivity contribution < 1.29 is 21.9 Å². The number of hydrogen-bond acceptors (Lipinski definition) is 5. The fourth-order valence-electron chi connectivity index (χ4n) is 2.99. The highest BCUT2D eigenvalue weighted by Gasteiger charge is 2.33. The van der Waals surface area contributed by atoms with Gasteiger partial charge in [0.05, 0.1) is 0 Å². The van der Waals surface area contributed by atoms with Gasteiger partial charge in [0.25, 0.3) is 11.8 Å². The quantitative estimate of drug-likeness (QED) is 0.612. The van der Waals surface area contributed by atoms with E-state index in [1.54, 1.807) is 6.07 Å². The Morgan fingerprint density at radius 1 is 1.04 bits per heavy atom. The number of imide groups is 1. The van der Waals surface area contributed by atoms with Gasteiger partial charge in [0, 0.05) is 37.0 Å². The molecule has 122 valence electrons. The lowest BCUT2D eigenvalue weighted by atomic mass is 10.0. The summed E-state index contributed by atoms with van der Waals surface area (Å²) in [6.07, 6.45) is 3.71. The Labute approximate surface area is 133 Å². The molecule has 0 radical (unpaired) electrons. The van der Waals surface area contributed by atoms with Crippen LogP contribution in [0.4, 0.5) is 9.57 Å². The van der Waals surface area contributed by atoms with Gasteiger partial charge in [-0.05, 0) is 31.0 Å². The lowest BCUT2D eigenvalue weighted by Gasteiger charge is -2.37. The Morgan fingerprint density at radius 2 is 1.65 bits per heavy atom. The second kappa shape index (κ2) is 5.77. The lowest BCUT2D eigenvalue weighted by Crippen LogP contribution is -2.47. The van der Waals surface area contributed by atoms with E-state index in [0.717, 1.165) is 0 Å². The molecule has 0 saturated carbocycles. The number of carbonyl (C=O) groups excluding carboxylic acids is 2. The standard InChI is InChI=1S/C15H15FN2O4S/c16-23(21,22)13-3-1-2-12(10-13)17-8-6-11(7-9-17)18-14(19)4-5-15(18)20/h1-5,10-11H,6-9H2. The van der Waals surface area contributed by atoms with Crippen LogP contribution in [-0.2, 0) is 19.8 Å². The molecular weight excluding hydrogens is 323 g/mol. The van der Waals surface area contributed by atoms with E-state index in [-0.39, 0.29) is 22.8 Å². The zero-order valence-electron chi connectivity index (χ0n) is 12.2. The zero-order valence-corrected chi connectivity index (χ0v) is 13.0. The maximum atomic E-state index is 13.1. The van der Waals surface area contributed by atoms with E-state index in [0.29, 0.717) is 31.6 Å². The largest absolute Gasteiger partial charge is 0.371 e. The fraction of sp³-hybridized carbons (Fsp3) is 0.333. The van der Waals surface area contributed by atoms with Gasteiger partial charge in [-0.25, -0.2) is 0 Å². The van der Waals surface area contributed by atoms with E-state index in [2.05, 4.69) is 0 Å². The SMILES string of the molecule is O=C1C=CC(=O)N1C1CCN(c2cccc(S(=O)(=O)F)c2)CC1. The van der Waals surface area contributed by atoms with Gasteiger partial charge in [0.15, 0.2) is 0 Å². The Hall–Kier alpha value is -2.22. The number of piperidine rings is 1. The van der Waals surface area contributed by atoms with Gasteiger partial charge < -0.3 is 4.90 Å². The molecule has 2 heterocycles. The number of amides is 2. The van der Waals surface area contributed by atoms with Crippen molar-refractivity contribution in [3.05, 3.63) is 36.4 Å². The minimum Gasteiger partial charge on any atom is -0.371 e. The molecular formula is C15H15FN2O4S. The first kappa shape index (κ1) is 15.7. The number of benzene rings is 1. The molecule has 1 fully saturated rings. The van der Waals surface area contributed by atoms with E-state index in [1.807, 2.05) is 4.90 Å². The van der Waals surface area contributed by atoms with Crippen molar-refractivity contribution in [2.75, 3.05) is 18.0 Å². The second-order valence-electron chi connectivity index (χ2n) is 5.53. The van der Waals surface area contributed by atoms with Gasteiger partial charge in [-0.3, -0.25) is 14.5 Å². The molecule has 0 unspecified atom stereocenters. The molecule has 0 bridgehead atoms.